The van der Waals surface area contributed by atoms with Gasteiger partial charge < -0.3 is 5.32 Å². The first-order valence-electron chi connectivity index (χ1n) is 10.9. The van der Waals surface area contributed by atoms with Gasteiger partial charge in [0.05, 0.1) is 5.56 Å². The molecule has 0 aliphatic rings. The Morgan fingerprint density at radius 2 is 1.55 bits per heavy atom. The molecular weight excluding hydrogens is 425 g/mol. The summed E-state index contributed by atoms with van der Waals surface area (Å²) in [6.07, 6.45) is -3.16. The van der Waals surface area contributed by atoms with Gasteiger partial charge in [0, 0.05) is 13.1 Å². The van der Waals surface area contributed by atoms with Crippen LogP contribution >= 0.6 is 0 Å². The van der Waals surface area contributed by atoms with Crippen LogP contribution in [0.2, 0.25) is 0 Å². The van der Waals surface area contributed by atoms with Crippen molar-refractivity contribution in [3.8, 4) is 0 Å². The number of hydrogen-bond acceptors (Lipinski definition) is 2. The molecule has 3 aromatic carbocycles. The zero-order valence-electron chi connectivity index (χ0n) is 19.0. The van der Waals surface area contributed by atoms with Crippen LogP contribution in [0.1, 0.15) is 51.9 Å². The summed E-state index contributed by atoms with van der Waals surface area (Å²) in [5, 5.41) is 6.22. The summed E-state index contributed by atoms with van der Waals surface area (Å²) < 4.78 is 38.7. The van der Waals surface area contributed by atoms with Gasteiger partial charge in [-0.25, -0.2) is 0 Å². The van der Waals surface area contributed by atoms with Crippen LogP contribution in [0, 0.1) is 13.8 Å². The first kappa shape index (κ1) is 24.5. The van der Waals surface area contributed by atoms with Crippen LogP contribution in [0.15, 0.2) is 72.8 Å². The number of carbonyl (C=O) groups excluding carboxylic acids is 1. The van der Waals surface area contributed by atoms with Crippen molar-refractivity contribution in [2.45, 2.75) is 44.9 Å². The molecule has 174 valence electrons. The van der Waals surface area contributed by atoms with E-state index in [9.17, 15) is 18.0 Å². The highest BCUT2D eigenvalue weighted by atomic mass is 19.4. The molecule has 2 atom stereocenters. The Balaban J connectivity index is 1.87. The highest BCUT2D eigenvalue weighted by molar-refractivity contribution is 5.83. The fourth-order valence-electron chi connectivity index (χ4n) is 3.81. The number of aryl methyl sites for hydroxylation is 3. The SMILES string of the molecule is CNC(=O)[C@@H](N[C@H](CCc1ccc(C(F)(F)F)cc1)c1ccc(C)c(C)c1)c1ccccc1. The van der Waals surface area contributed by atoms with Gasteiger partial charge in [-0.1, -0.05) is 60.7 Å². The van der Waals surface area contributed by atoms with Gasteiger partial charge in [0.15, 0.2) is 0 Å². The molecule has 0 saturated heterocycles. The Morgan fingerprint density at radius 1 is 0.879 bits per heavy atom. The summed E-state index contributed by atoms with van der Waals surface area (Å²) in [5.74, 6) is -0.149. The maximum atomic E-state index is 12.9. The van der Waals surface area contributed by atoms with Gasteiger partial charge in [-0.3, -0.25) is 10.1 Å². The number of hydrogen-bond donors (Lipinski definition) is 2. The van der Waals surface area contributed by atoms with E-state index < -0.39 is 17.8 Å². The van der Waals surface area contributed by atoms with Crippen LogP contribution in [-0.4, -0.2) is 13.0 Å². The van der Waals surface area contributed by atoms with Crippen molar-refractivity contribution in [2.75, 3.05) is 7.05 Å². The molecule has 0 aliphatic carbocycles. The first-order chi connectivity index (χ1) is 15.7. The van der Waals surface area contributed by atoms with Crippen LogP contribution in [-0.2, 0) is 17.4 Å². The molecule has 3 rings (SSSR count). The van der Waals surface area contributed by atoms with Crippen molar-refractivity contribution in [3.63, 3.8) is 0 Å². The van der Waals surface area contributed by atoms with E-state index in [2.05, 4.69) is 22.8 Å². The molecule has 0 aliphatic heterocycles. The second-order valence-electron chi connectivity index (χ2n) is 8.25. The van der Waals surface area contributed by atoms with E-state index in [0.717, 1.165) is 34.4 Å². The smallest absolute Gasteiger partial charge is 0.358 e. The fraction of sp³-hybridized carbons (Fsp3) is 0.296. The minimum absolute atomic E-state index is 0.149. The number of carbonyl (C=O) groups is 1. The fourth-order valence-corrected chi connectivity index (χ4v) is 3.81. The second kappa shape index (κ2) is 10.7. The van der Waals surface area contributed by atoms with E-state index in [4.69, 9.17) is 0 Å². The third-order valence-corrected chi connectivity index (χ3v) is 5.95. The Kier molecular flexibility index (Phi) is 7.92. The van der Waals surface area contributed by atoms with Gasteiger partial charge >= 0.3 is 6.18 Å². The molecule has 0 fully saturated rings. The Bertz CT molecular complexity index is 1060. The lowest BCUT2D eigenvalue weighted by atomic mass is 9.94. The van der Waals surface area contributed by atoms with Crippen molar-refractivity contribution in [3.05, 3.63) is 106 Å². The number of rotatable bonds is 8. The third-order valence-electron chi connectivity index (χ3n) is 5.95. The molecule has 2 N–H and O–H groups in total. The van der Waals surface area contributed by atoms with Crippen molar-refractivity contribution >= 4 is 5.91 Å². The predicted octanol–water partition coefficient (Wildman–Crippen LogP) is 6.07. The van der Waals surface area contributed by atoms with E-state index >= 15 is 0 Å². The van der Waals surface area contributed by atoms with Crippen LogP contribution in [0.3, 0.4) is 0 Å². The van der Waals surface area contributed by atoms with Crippen LogP contribution in [0.5, 0.6) is 0 Å². The number of benzene rings is 3. The molecule has 0 bridgehead atoms. The summed E-state index contributed by atoms with van der Waals surface area (Å²) in [5.41, 5.74) is 4.36. The van der Waals surface area contributed by atoms with Gasteiger partial charge in [0.1, 0.15) is 6.04 Å². The molecule has 0 saturated carbocycles. The minimum atomic E-state index is -4.35. The lowest BCUT2D eigenvalue weighted by Gasteiger charge is -2.26. The van der Waals surface area contributed by atoms with Crippen LogP contribution in [0.4, 0.5) is 13.2 Å². The summed E-state index contributed by atoms with van der Waals surface area (Å²) >= 11 is 0. The third kappa shape index (κ3) is 6.45. The summed E-state index contributed by atoms with van der Waals surface area (Å²) in [6.45, 7) is 4.08. The standard InChI is InChI=1S/C27H29F3N2O/c1-18-9-13-22(17-19(18)2)24(16-12-20-10-14-23(15-11-20)27(28,29)30)32-25(26(33)31-3)21-7-5-4-6-8-21/h4-11,13-15,17,24-25,32H,12,16H2,1-3H3,(H,31,33)/t24-,25+/m1/s1. The van der Waals surface area contributed by atoms with Gasteiger partial charge in [0.2, 0.25) is 5.91 Å². The van der Waals surface area contributed by atoms with E-state index in [1.54, 1.807) is 7.05 Å². The molecule has 33 heavy (non-hydrogen) atoms. The number of likely N-dealkylation sites (N-methyl/N-ethyl adjacent to an activating group) is 1. The normalized spacial score (nSPS) is 13.4. The summed E-state index contributed by atoms with van der Waals surface area (Å²) in [6, 6.07) is 20.2. The molecule has 3 aromatic rings. The van der Waals surface area contributed by atoms with Gasteiger partial charge in [-0.15, -0.1) is 0 Å². The highest BCUT2D eigenvalue weighted by Gasteiger charge is 2.30. The first-order valence-corrected chi connectivity index (χ1v) is 10.9. The molecular formula is C27H29F3N2O. The number of halogens is 3. The molecule has 1 amide bonds. The number of amides is 1. The Labute approximate surface area is 193 Å². The van der Waals surface area contributed by atoms with Crippen LogP contribution < -0.4 is 10.6 Å². The Hall–Kier alpha value is -3.12. The molecule has 0 unspecified atom stereocenters. The van der Waals surface area contributed by atoms with E-state index in [1.807, 2.05) is 50.2 Å². The van der Waals surface area contributed by atoms with E-state index in [0.29, 0.717) is 12.8 Å². The molecule has 0 spiro atoms. The maximum Gasteiger partial charge on any atom is 0.416 e. The zero-order valence-corrected chi connectivity index (χ0v) is 19.0. The van der Waals surface area contributed by atoms with E-state index in [1.165, 1.54) is 17.7 Å². The lowest BCUT2D eigenvalue weighted by molar-refractivity contribution is -0.137. The molecule has 0 aromatic heterocycles. The predicted molar refractivity (Wildman–Crippen MR) is 125 cm³/mol. The van der Waals surface area contributed by atoms with Gasteiger partial charge in [0.25, 0.3) is 0 Å². The van der Waals surface area contributed by atoms with Crippen LogP contribution in [0.25, 0.3) is 0 Å². The number of alkyl halides is 3. The topological polar surface area (TPSA) is 41.1 Å². The van der Waals surface area contributed by atoms with Crippen molar-refractivity contribution < 1.29 is 18.0 Å². The molecule has 0 heterocycles. The van der Waals surface area contributed by atoms with E-state index in [-0.39, 0.29) is 11.9 Å². The highest BCUT2D eigenvalue weighted by Crippen LogP contribution is 2.30. The summed E-state index contributed by atoms with van der Waals surface area (Å²) in [4.78, 5) is 12.7. The largest absolute Gasteiger partial charge is 0.416 e. The van der Waals surface area contributed by atoms with Crippen molar-refractivity contribution in [1.82, 2.24) is 10.6 Å². The summed E-state index contributed by atoms with van der Waals surface area (Å²) in [7, 11) is 1.60. The second-order valence-corrected chi connectivity index (χ2v) is 8.25. The van der Waals surface area contributed by atoms with Crippen molar-refractivity contribution in [2.24, 2.45) is 0 Å². The molecule has 6 heteroatoms. The quantitative estimate of drug-likeness (QED) is 0.434. The van der Waals surface area contributed by atoms with Gasteiger partial charge in [-0.05, 0) is 66.6 Å². The maximum absolute atomic E-state index is 12.9. The minimum Gasteiger partial charge on any atom is -0.358 e. The average Bonchev–Trinajstić information content (AvgIpc) is 2.81. The average molecular weight is 455 g/mol. The molecule has 3 nitrogen and oxygen atoms in total. The lowest BCUT2D eigenvalue weighted by Crippen LogP contribution is -2.38. The monoisotopic (exact) mass is 454 g/mol. The number of nitrogens with one attached hydrogen (secondary N) is 2. The Morgan fingerprint density at radius 3 is 2.12 bits per heavy atom. The molecule has 0 radical (unpaired) electrons. The van der Waals surface area contributed by atoms with Gasteiger partial charge in [-0.2, -0.15) is 13.2 Å². The van der Waals surface area contributed by atoms with Crippen molar-refractivity contribution in [1.29, 1.82) is 0 Å². The zero-order chi connectivity index (χ0) is 24.0.